The van der Waals surface area contributed by atoms with Gasteiger partial charge in [-0.25, -0.2) is 4.79 Å². The van der Waals surface area contributed by atoms with Gasteiger partial charge in [0.05, 0.1) is 0 Å². The quantitative estimate of drug-likeness (QED) is 0.527. The monoisotopic (exact) mass is 308 g/mol. The van der Waals surface area contributed by atoms with Crippen LogP contribution in [0, 0.1) is 6.92 Å². The fraction of sp³-hybridized carbons (Fsp3) is 0.211. The van der Waals surface area contributed by atoms with E-state index in [2.05, 4.69) is 6.07 Å². The number of hydrogen-bond acceptors (Lipinski definition) is 4. The Hall–Kier alpha value is -2.59. The molecule has 0 amide bonds. The fourth-order valence-electron chi connectivity index (χ4n) is 3.18. The summed E-state index contributed by atoms with van der Waals surface area (Å²) in [7, 11) is 0. The third kappa shape index (κ3) is 2.41. The van der Waals surface area contributed by atoms with Crippen molar-refractivity contribution in [1.82, 2.24) is 0 Å². The van der Waals surface area contributed by atoms with Crippen molar-refractivity contribution in [2.45, 2.75) is 25.9 Å². The second-order valence-electron chi connectivity index (χ2n) is 5.72. The molecule has 3 aromatic rings. The average Bonchev–Trinajstić information content (AvgIpc) is 3.12. The minimum atomic E-state index is -0.517. The number of carbonyl (C=O) groups is 1. The number of para-hydroxylation sites is 1. The molecular formula is C19H16O4. The molecule has 2 aromatic carbocycles. The molecule has 1 aromatic heterocycles. The van der Waals surface area contributed by atoms with Gasteiger partial charge in [-0.1, -0.05) is 42.5 Å². The van der Waals surface area contributed by atoms with Crippen LogP contribution >= 0.6 is 0 Å². The molecule has 23 heavy (non-hydrogen) atoms. The van der Waals surface area contributed by atoms with Crippen LogP contribution in [-0.4, -0.2) is 5.97 Å². The van der Waals surface area contributed by atoms with Crippen LogP contribution < -0.4 is 0 Å². The van der Waals surface area contributed by atoms with E-state index in [0.29, 0.717) is 16.9 Å². The maximum atomic E-state index is 12.4. The van der Waals surface area contributed by atoms with E-state index in [1.807, 2.05) is 42.5 Å². The lowest BCUT2D eigenvalue weighted by atomic mass is 10.1. The molecule has 0 spiro atoms. The maximum Gasteiger partial charge on any atom is 0.377 e. The van der Waals surface area contributed by atoms with Crippen LogP contribution in [0.25, 0.3) is 11.0 Å². The molecule has 116 valence electrons. The summed E-state index contributed by atoms with van der Waals surface area (Å²) < 4.78 is 5.59. The Bertz CT molecular complexity index is 878. The van der Waals surface area contributed by atoms with Crippen LogP contribution in [0.2, 0.25) is 0 Å². The Morgan fingerprint density at radius 2 is 1.91 bits per heavy atom. The fourth-order valence-corrected chi connectivity index (χ4v) is 3.18. The summed E-state index contributed by atoms with van der Waals surface area (Å²) >= 11 is 0. The number of fused-ring (bicyclic) bond motifs is 2. The zero-order valence-electron chi connectivity index (χ0n) is 12.7. The molecule has 1 heterocycles. The van der Waals surface area contributed by atoms with Crippen molar-refractivity contribution >= 4 is 16.9 Å². The Morgan fingerprint density at radius 1 is 1.13 bits per heavy atom. The normalized spacial score (nSPS) is 16.5. The highest BCUT2D eigenvalue weighted by molar-refractivity contribution is 6.04. The molecule has 1 aliphatic rings. The number of furan rings is 1. The minimum absolute atomic E-state index is 0.200. The molecule has 4 heteroatoms. The first kappa shape index (κ1) is 14.0. The Morgan fingerprint density at radius 3 is 2.83 bits per heavy atom. The van der Waals surface area contributed by atoms with Gasteiger partial charge in [-0.2, -0.15) is 4.89 Å². The van der Waals surface area contributed by atoms with Gasteiger partial charge in [0, 0.05) is 5.39 Å². The van der Waals surface area contributed by atoms with Gasteiger partial charge in [0.2, 0.25) is 0 Å². The summed E-state index contributed by atoms with van der Waals surface area (Å²) in [4.78, 5) is 22.9. The third-order valence-electron chi connectivity index (χ3n) is 4.29. The molecule has 1 unspecified atom stereocenters. The molecule has 4 rings (SSSR count). The summed E-state index contributed by atoms with van der Waals surface area (Å²) in [6, 6.07) is 15.5. The van der Waals surface area contributed by atoms with E-state index in [1.165, 1.54) is 5.56 Å². The summed E-state index contributed by atoms with van der Waals surface area (Å²) in [6.07, 6.45) is 1.55. The first-order valence-electron chi connectivity index (χ1n) is 7.67. The van der Waals surface area contributed by atoms with E-state index in [9.17, 15) is 4.79 Å². The van der Waals surface area contributed by atoms with E-state index in [1.54, 1.807) is 6.92 Å². The highest BCUT2D eigenvalue weighted by Gasteiger charge is 2.26. The van der Waals surface area contributed by atoms with Gasteiger partial charge in [-0.15, -0.1) is 0 Å². The molecule has 0 saturated carbocycles. The minimum Gasteiger partial charge on any atom is -0.460 e. The van der Waals surface area contributed by atoms with Crippen LogP contribution in [0.4, 0.5) is 0 Å². The van der Waals surface area contributed by atoms with Gasteiger partial charge in [0.15, 0.2) is 0 Å². The highest BCUT2D eigenvalue weighted by Crippen LogP contribution is 2.34. The molecule has 0 radical (unpaired) electrons. The summed E-state index contributed by atoms with van der Waals surface area (Å²) in [5.74, 6) is 0.0171. The molecular weight excluding hydrogens is 292 g/mol. The smallest absolute Gasteiger partial charge is 0.377 e. The standard InChI is InChI=1S/C19H16O4/c1-12-18(15-8-4-5-9-16(15)21-12)19(20)23-22-17-11-10-13-6-2-3-7-14(13)17/h2-9,17H,10-11H2,1H3. The molecule has 4 nitrogen and oxygen atoms in total. The van der Waals surface area contributed by atoms with Crippen molar-refractivity contribution in [2.24, 2.45) is 0 Å². The topological polar surface area (TPSA) is 48.7 Å². The van der Waals surface area contributed by atoms with Gasteiger partial charge < -0.3 is 4.42 Å². The predicted molar refractivity (Wildman–Crippen MR) is 85.0 cm³/mol. The Balaban J connectivity index is 1.54. The van der Waals surface area contributed by atoms with Gasteiger partial charge in [0.25, 0.3) is 0 Å². The van der Waals surface area contributed by atoms with Crippen molar-refractivity contribution in [3.63, 3.8) is 0 Å². The molecule has 1 aliphatic carbocycles. The Labute approximate surface area is 133 Å². The van der Waals surface area contributed by atoms with E-state index >= 15 is 0 Å². The molecule has 1 atom stereocenters. The van der Waals surface area contributed by atoms with Crippen molar-refractivity contribution in [1.29, 1.82) is 0 Å². The van der Waals surface area contributed by atoms with Crippen LogP contribution in [0.3, 0.4) is 0 Å². The number of carbonyl (C=O) groups excluding carboxylic acids is 1. The summed E-state index contributed by atoms with van der Waals surface area (Å²) in [6.45, 7) is 1.75. The second kappa shape index (κ2) is 5.56. The molecule has 0 N–H and O–H groups in total. The van der Waals surface area contributed by atoms with E-state index in [0.717, 1.165) is 23.8 Å². The Kier molecular flexibility index (Phi) is 3.39. The maximum absolute atomic E-state index is 12.4. The van der Waals surface area contributed by atoms with Gasteiger partial charge >= 0.3 is 5.97 Å². The van der Waals surface area contributed by atoms with Crippen molar-refractivity contribution in [3.05, 3.63) is 71.0 Å². The lowest BCUT2D eigenvalue weighted by molar-refractivity contribution is -0.276. The van der Waals surface area contributed by atoms with E-state index in [-0.39, 0.29) is 6.10 Å². The number of rotatable bonds is 3. The predicted octanol–water partition coefficient (Wildman–Crippen LogP) is 4.52. The van der Waals surface area contributed by atoms with Crippen molar-refractivity contribution in [3.8, 4) is 0 Å². The SMILES string of the molecule is Cc1oc2ccccc2c1C(=O)OOC1CCc2ccccc21. The van der Waals surface area contributed by atoms with Crippen molar-refractivity contribution in [2.75, 3.05) is 0 Å². The van der Waals surface area contributed by atoms with Crippen LogP contribution in [0.15, 0.2) is 52.9 Å². The summed E-state index contributed by atoms with van der Waals surface area (Å²) in [5, 5.41) is 0.741. The zero-order valence-corrected chi connectivity index (χ0v) is 12.7. The number of hydrogen-bond donors (Lipinski definition) is 0. The largest absolute Gasteiger partial charge is 0.460 e. The van der Waals surface area contributed by atoms with Crippen LogP contribution in [-0.2, 0) is 16.2 Å². The average molecular weight is 308 g/mol. The highest BCUT2D eigenvalue weighted by atomic mass is 17.2. The van der Waals surface area contributed by atoms with Gasteiger partial charge in [-0.05, 0) is 37.0 Å². The second-order valence-corrected chi connectivity index (χ2v) is 5.72. The lowest BCUT2D eigenvalue weighted by Crippen LogP contribution is -2.09. The van der Waals surface area contributed by atoms with Crippen LogP contribution in [0.1, 0.15) is 39.8 Å². The van der Waals surface area contributed by atoms with E-state index in [4.69, 9.17) is 14.2 Å². The molecule has 0 bridgehead atoms. The first-order chi connectivity index (χ1) is 11.2. The van der Waals surface area contributed by atoms with E-state index < -0.39 is 5.97 Å². The van der Waals surface area contributed by atoms with Gasteiger partial charge in [0.1, 0.15) is 23.0 Å². The number of aryl methyl sites for hydroxylation is 2. The zero-order chi connectivity index (χ0) is 15.8. The third-order valence-corrected chi connectivity index (χ3v) is 4.29. The lowest BCUT2D eigenvalue weighted by Gasteiger charge is -2.11. The molecule has 0 saturated heterocycles. The molecule has 0 fully saturated rings. The van der Waals surface area contributed by atoms with Crippen LogP contribution in [0.5, 0.6) is 0 Å². The number of benzene rings is 2. The first-order valence-corrected chi connectivity index (χ1v) is 7.67. The summed E-state index contributed by atoms with van der Waals surface area (Å²) in [5.41, 5.74) is 3.43. The molecule has 0 aliphatic heterocycles. The van der Waals surface area contributed by atoms with Crippen molar-refractivity contribution < 1.29 is 19.0 Å². The van der Waals surface area contributed by atoms with Gasteiger partial charge in [-0.3, -0.25) is 4.89 Å².